The number of hydrogen-bond donors (Lipinski definition) is 0. The van der Waals surface area contributed by atoms with Crippen LogP contribution >= 0.6 is 0 Å². The second kappa shape index (κ2) is 5.32. The Bertz CT molecular complexity index is 438. The highest BCUT2D eigenvalue weighted by Crippen LogP contribution is 2.59. The normalized spacial score (nSPS) is 35.7. The lowest BCUT2D eigenvalue weighted by Gasteiger charge is -2.55. The molecule has 0 unspecified atom stereocenters. The van der Waals surface area contributed by atoms with E-state index < -0.39 is 11.9 Å². The summed E-state index contributed by atoms with van der Waals surface area (Å²) in [4.78, 5) is 32.9. The first-order chi connectivity index (χ1) is 9.36. The van der Waals surface area contributed by atoms with Crippen molar-refractivity contribution in [2.75, 3.05) is 7.11 Å². The van der Waals surface area contributed by atoms with E-state index in [1.165, 1.54) is 7.11 Å². The minimum Gasteiger partial charge on any atom is -0.298 e. The molecule has 0 aliphatic heterocycles. The molecule has 2 rings (SSSR count). The number of hydrogen-bond acceptors (Lipinski definition) is 4. The molecule has 0 radical (unpaired) electrons. The summed E-state index contributed by atoms with van der Waals surface area (Å²) in [5.41, 5.74) is 0.481. The molecule has 112 valence electrons. The van der Waals surface area contributed by atoms with E-state index in [2.05, 4.69) is 25.7 Å². The predicted octanol–water partition coefficient (Wildman–Crippen LogP) is 3.07. The van der Waals surface area contributed by atoms with Crippen LogP contribution in [0.5, 0.6) is 0 Å². The Balaban J connectivity index is 2.44. The lowest BCUT2D eigenvalue weighted by atomic mass is 9.48. The zero-order chi connectivity index (χ0) is 15.0. The second-order valence-corrected chi connectivity index (χ2v) is 6.96. The monoisotopic (exact) mass is 280 g/mol. The molecule has 0 aromatic heterocycles. The molecule has 0 N–H and O–H groups in total. The van der Waals surface area contributed by atoms with Crippen LogP contribution in [0.15, 0.2) is 11.6 Å². The van der Waals surface area contributed by atoms with Gasteiger partial charge in [0.25, 0.3) is 0 Å². The molecular formula is C16H24O4. The minimum atomic E-state index is -0.515. The first-order valence-corrected chi connectivity index (χ1v) is 7.26. The number of carbonyl (C=O) groups is 2. The molecule has 4 heteroatoms. The standard InChI is InChI=1S/C16H24O4/c1-15(2)8-5-9-16(3)12(15)7-6-11(10-17)13(16)14(18)20-19-4/h6,10,12-13H,5,7-9H2,1-4H3/t12-,13+,16-/m0/s1. The smallest absolute Gasteiger partial charge is 0.298 e. The molecule has 1 fully saturated rings. The quantitative estimate of drug-likeness (QED) is 0.453. The van der Waals surface area contributed by atoms with Gasteiger partial charge < -0.3 is 0 Å². The maximum Gasteiger partial charge on any atom is 0.350 e. The third-order valence-corrected chi connectivity index (χ3v) is 5.40. The van der Waals surface area contributed by atoms with Crippen LogP contribution in [0.4, 0.5) is 0 Å². The molecule has 0 spiro atoms. The van der Waals surface area contributed by atoms with Crippen molar-refractivity contribution in [2.45, 2.75) is 46.5 Å². The summed E-state index contributed by atoms with van der Waals surface area (Å²) in [5.74, 6) is -0.587. The van der Waals surface area contributed by atoms with Crippen LogP contribution < -0.4 is 0 Å². The molecule has 0 aromatic rings. The molecular weight excluding hydrogens is 256 g/mol. The highest BCUT2D eigenvalue weighted by atomic mass is 17.2. The average Bonchev–Trinajstić information content (AvgIpc) is 2.36. The van der Waals surface area contributed by atoms with E-state index in [1.807, 2.05) is 6.08 Å². The topological polar surface area (TPSA) is 52.6 Å². The van der Waals surface area contributed by atoms with E-state index in [0.717, 1.165) is 32.0 Å². The van der Waals surface area contributed by atoms with Gasteiger partial charge in [-0.15, -0.1) is 0 Å². The molecule has 20 heavy (non-hydrogen) atoms. The summed E-state index contributed by atoms with van der Waals surface area (Å²) in [5, 5.41) is 0. The summed E-state index contributed by atoms with van der Waals surface area (Å²) in [6.45, 7) is 6.64. The van der Waals surface area contributed by atoms with Gasteiger partial charge in [-0.2, -0.15) is 4.89 Å². The van der Waals surface area contributed by atoms with E-state index in [1.54, 1.807) is 0 Å². The van der Waals surface area contributed by atoms with Crippen LogP contribution in [0.2, 0.25) is 0 Å². The second-order valence-electron chi connectivity index (χ2n) is 6.96. The van der Waals surface area contributed by atoms with Crippen LogP contribution in [0.25, 0.3) is 0 Å². The van der Waals surface area contributed by atoms with Crippen molar-refractivity contribution in [3.05, 3.63) is 11.6 Å². The van der Waals surface area contributed by atoms with Gasteiger partial charge >= 0.3 is 5.97 Å². The Morgan fingerprint density at radius 2 is 2.05 bits per heavy atom. The highest BCUT2D eigenvalue weighted by molar-refractivity contribution is 5.88. The Morgan fingerprint density at radius 3 is 2.65 bits per heavy atom. The van der Waals surface area contributed by atoms with Crippen LogP contribution in [-0.4, -0.2) is 19.4 Å². The molecule has 0 aromatic carbocycles. The lowest BCUT2D eigenvalue weighted by molar-refractivity contribution is -0.263. The first kappa shape index (κ1) is 15.2. The van der Waals surface area contributed by atoms with Crippen molar-refractivity contribution in [2.24, 2.45) is 22.7 Å². The maximum atomic E-state index is 12.3. The zero-order valence-electron chi connectivity index (χ0n) is 12.8. The summed E-state index contributed by atoms with van der Waals surface area (Å²) < 4.78 is 0. The van der Waals surface area contributed by atoms with Crippen LogP contribution in [-0.2, 0) is 19.4 Å². The van der Waals surface area contributed by atoms with Crippen molar-refractivity contribution >= 4 is 12.3 Å². The number of rotatable bonds is 3. The molecule has 4 nitrogen and oxygen atoms in total. The number of fused-ring (bicyclic) bond motifs is 1. The van der Waals surface area contributed by atoms with Crippen molar-refractivity contribution in [3.8, 4) is 0 Å². The van der Waals surface area contributed by atoms with Gasteiger partial charge in [-0.1, -0.05) is 33.3 Å². The van der Waals surface area contributed by atoms with Crippen molar-refractivity contribution in [3.63, 3.8) is 0 Å². The number of carbonyl (C=O) groups excluding carboxylic acids is 2. The van der Waals surface area contributed by atoms with Gasteiger partial charge in [0.05, 0.1) is 13.0 Å². The van der Waals surface area contributed by atoms with Crippen LogP contribution in [0.3, 0.4) is 0 Å². The highest BCUT2D eigenvalue weighted by Gasteiger charge is 2.55. The molecule has 1 saturated carbocycles. The Morgan fingerprint density at radius 1 is 1.35 bits per heavy atom. The Kier molecular flexibility index (Phi) is 4.05. The molecule has 0 saturated heterocycles. The van der Waals surface area contributed by atoms with Crippen LogP contribution in [0.1, 0.15) is 46.5 Å². The van der Waals surface area contributed by atoms with Gasteiger partial charge in [0, 0.05) is 5.57 Å². The Labute approximate surface area is 120 Å². The van der Waals surface area contributed by atoms with Crippen molar-refractivity contribution in [1.82, 2.24) is 0 Å². The number of aldehydes is 1. The first-order valence-electron chi connectivity index (χ1n) is 7.26. The molecule has 3 atom stereocenters. The molecule has 0 heterocycles. The fourth-order valence-electron chi connectivity index (χ4n) is 4.50. The maximum absolute atomic E-state index is 12.3. The SMILES string of the molecule is COOC(=O)[C@H]1C(C=O)=CC[C@H]2C(C)(C)CCC[C@]12C. The summed E-state index contributed by atoms with van der Waals surface area (Å²) in [6.07, 6.45) is 6.73. The van der Waals surface area contributed by atoms with E-state index in [0.29, 0.717) is 11.5 Å². The van der Waals surface area contributed by atoms with Gasteiger partial charge in [-0.25, -0.2) is 4.79 Å². The molecule has 2 aliphatic rings. The minimum absolute atomic E-state index is 0.170. The fraction of sp³-hybridized carbons (Fsp3) is 0.750. The molecule has 0 amide bonds. The van der Waals surface area contributed by atoms with Crippen LogP contribution in [0, 0.1) is 22.7 Å². The lowest BCUT2D eigenvalue weighted by Crippen LogP contribution is -2.51. The number of allylic oxidation sites excluding steroid dienone is 1. The Hall–Kier alpha value is -1.16. The summed E-state index contributed by atoms with van der Waals surface area (Å²) in [6, 6.07) is 0. The average molecular weight is 280 g/mol. The van der Waals surface area contributed by atoms with Gasteiger partial charge in [0.15, 0.2) is 0 Å². The fourth-order valence-corrected chi connectivity index (χ4v) is 4.50. The molecule has 2 aliphatic carbocycles. The van der Waals surface area contributed by atoms with E-state index in [9.17, 15) is 9.59 Å². The zero-order valence-corrected chi connectivity index (χ0v) is 12.8. The van der Waals surface area contributed by atoms with Gasteiger partial charge in [-0.05, 0) is 36.0 Å². The van der Waals surface area contributed by atoms with Crippen molar-refractivity contribution in [1.29, 1.82) is 0 Å². The summed E-state index contributed by atoms with van der Waals surface area (Å²) in [7, 11) is 1.32. The third-order valence-electron chi connectivity index (χ3n) is 5.40. The van der Waals surface area contributed by atoms with E-state index in [4.69, 9.17) is 4.89 Å². The van der Waals surface area contributed by atoms with Gasteiger partial charge in [-0.3, -0.25) is 9.68 Å². The third kappa shape index (κ3) is 2.30. The predicted molar refractivity (Wildman–Crippen MR) is 74.6 cm³/mol. The van der Waals surface area contributed by atoms with Gasteiger partial charge in [0.2, 0.25) is 0 Å². The van der Waals surface area contributed by atoms with Crippen molar-refractivity contribution < 1.29 is 19.4 Å². The van der Waals surface area contributed by atoms with E-state index >= 15 is 0 Å². The summed E-state index contributed by atoms with van der Waals surface area (Å²) >= 11 is 0. The molecule has 0 bridgehead atoms. The van der Waals surface area contributed by atoms with E-state index in [-0.39, 0.29) is 10.8 Å². The van der Waals surface area contributed by atoms with Gasteiger partial charge in [0.1, 0.15) is 6.29 Å². The largest absolute Gasteiger partial charge is 0.350 e.